The molecule has 104 valence electrons. The van der Waals surface area contributed by atoms with E-state index in [2.05, 4.69) is 71.8 Å². The Bertz CT molecular complexity index is 654. The van der Waals surface area contributed by atoms with Crippen molar-refractivity contribution in [1.82, 2.24) is 4.98 Å². The minimum absolute atomic E-state index is 0.0988. The van der Waals surface area contributed by atoms with Gasteiger partial charge in [-0.2, -0.15) is 0 Å². The van der Waals surface area contributed by atoms with Crippen molar-refractivity contribution in [3.8, 4) is 0 Å². The average Bonchev–Trinajstić information content (AvgIpc) is 2.54. The molecule has 21 heavy (non-hydrogen) atoms. The van der Waals surface area contributed by atoms with Gasteiger partial charge in [-0.15, -0.1) is 0 Å². The summed E-state index contributed by atoms with van der Waals surface area (Å²) >= 11 is 0. The summed E-state index contributed by atoms with van der Waals surface area (Å²) in [5.41, 5.74) is 3.66. The van der Waals surface area contributed by atoms with E-state index in [4.69, 9.17) is 0 Å². The number of pyridine rings is 1. The molecule has 1 heterocycles. The molecular formula is C19H18N2. The van der Waals surface area contributed by atoms with Crippen molar-refractivity contribution in [3.05, 3.63) is 95.7 Å². The molecule has 0 aliphatic carbocycles. The molecule has 2 aromatic carbocycles. The second kappa shape index (κ2) is 6.23. The molecule has 0 bridgehead atoms. The lowest BCUT2D eigenvalue weighted by atomic mass is 9.99. The summed E-state index contributed by atoms with van der Waals surface area (Å²) in [6.07, 6.45) is 1.84. The predicted octanol–water partition coefficient (Wildman–Crippen LogP) is 4.59. The van der Waals surface area contributed by atoms with Crippen LogP contribution in [0.3, 0.4) is 0 Å². The van der Waals surface area contributed by atoms with Gasteiger partial charge in [-0.05, 0) is 35.7 Å². The second-order valence-corrected chi connectivity index (χ2v) is 5.12. The number of hydrogen-bond donors (Lipinski definition) is 1. The van der Waals surface area contributed by atoms with Crippen LogP contribution in [-0.4, -0.2) is 4.98 Å². The van der Waals surface area contributed by atoms with Crippen LogP contribution in [-0.2, 0) is 0 Å². The molecule has 0 aliphatic rings. The quantitative estimate of drug-likeness (QED) is 0.752. The molecule has 0 amide bonds. The Morgan fingerprint density at radius 1 is 0.810 bits per heavy atom. The first-order valence-corrected chi connectivity index (χ1v) is 7.12. The number of nitrogens with one attached hydrogen (secondary N) is 1. The number of nitrogens with zero attached hydrogens (tertiary/aromatic N) is 1. The normalized spacial score (nSPS) is 10.6. The van der Waals surface area contributed by atoms with Gasteiger partial charge in [-0.1, -0.05) is 60.7 Å². The number of aromatic nitrogens is 1. The van der Waals surface area contributed by atoms with Crippen molar-refractivity contribution in [1.29, 1.82) is 0 Å². The van der Waals surface area contributed by atoms with E-state index in [1.807, 2.05) is 24.4 Å². The number of hydrogen-bond acceptors (Lipinski definition) is 2. The SMILES string of the molecule is Cc1ccnc(NC(c2ccccc2)c2ccccc2)c1. The van der Waals surface area contributed by atoms with Crippen molar-refractivity contribution < 1.29 is 0 Å². The minimum Gasteiger partial charge on any atom is -0.359 e. The van der Waals surface area contributed by atoms with Gasteiger partial charge in [0, 0.05) is 6.20 Å². The van der Waals surface area contributed by atoms with Crippen LogP contribution in [0.1, 0.15) is 22.7 Å². The molecule has 3 aromatic rings. The maximum absolute atomic E-state index is 4.42. The molecule has 0 aliphatic heterocycles. The van der Waals surface area contributed by atoms with Gasteiger partial charge in [0.15, 0.2) is 0 Å². The highest BCUT2D eigenvalue weighted by molar-refractivity contribution is 5.45. The second-order valence-electron chi connectivity index (χ2n) is 5.12. The van der Waals surface area contributed by atoms with Gasteiger partial charge in [-0.3, -0.25) is 0 Å². The van der Waals surface area contributed by atoms with E-state index in [0.29, 0.717) is 0 Å². The minimum atomic E-state index is 0.0988. The standard InChI is InChI=1S/C19H18N2/c1-15-12-13-20-18(14-15)21-19(16-8-4-2-5-9-16)17-10-6-3-7-11-17/h2-14,19H,1H3,(H,20,21). The Morgan fingerprint density at radius 2 is 1.38 bits per heavy atom. The van der Waals surface area contributed by atoms with Gasteiger partial charge in [-0.25, -0.2) is 4.98 Å². The molecule has 3 rings (SSSR count). The molecule has 1 aromatic heterocycles. The zero-order valence-corrected chi connectivity index (χ0v) is 12.0. The summed E-state index contributed by atoms with van der Waals surface area (Å²) in [5.74, 6) is 0.896. The monoisotopic (exact) mass is 274 g/mol. The number of anilines is 1. The van der Waals surface area contributed by atoms with Crippen LogP contribution < -0.4 is 5.32 Å². The highest BCUT2D eigenvalue weighted by atomic mass is 15.0. The lowest BCUT2D eigenvalue weighted by molar-refractivity contribution is 0.926. The van der Waals surface area contributed by atoms with Gasteiger partial charge in [0.05, 0.1) is 6.04 Å². The fourth-order valence-electron chi connectivity index (χ4n) is 2.41. The fourth-order valence-corrected chi connectivity index (χ4v) is 2.41. The van der Waals surface area contributed by atoms with Crippen LogP contribution in [0.15, 0.2) is 79.0 Å². The number of aryl methyl sites for hydroxylation is 1. The zero-order valence-electron chi connectivity index (χ0n) is 12.0. The molecule has 2 nitrogen and oxygen atoms in total. The largest absolute Gasteiger partial charge is 0.359 e. The van der Waals surface area contributed by atoms with Crippen molar-refractivity contribution >= 4 is 5.82 Å². The van der Waals surface area contributed by atoms with Crippen LogP contribution in [0.25, 0.3) is 0 Å². The Hall–Kier alpha value is -2.61. The van der Waals surface area contributed by atoms with E-state index < -0.39 is 0 Å². The Labute approximate surface area is 125 Å². The van der Waals surface area contributed by atoms with Crippen molar-refractivity contribution in [2.24, 2.45) is 0 Å². The molecule has 0 atom stereocenters. The lowest BCUT2D eigenvalue weighted by Gasteiger charge is -2.20. The highest BCUT2D eigenvalue weighted by Gasteiger charge is 2.13. The molecule has 0 saturated heterocycles. The smallest absolute Gasteiger partial charge is 0.126 e. The van der Waals surface area contributed by atoms with E-state index >= 15 is 0 Å². The van der Waals surface area contributed by atoms with Crippen molar-refractivity contribution in [2.45, 2.75) is 13.0 Å². The van der Waals surface area contributed by atoms with Crippen LogP contribution in [0, 0.1) is 6.92 Å². The highest BCUT2D eigenvalue weighted by Crippen LogP contribution is 2.25. The van der Waals surface area contributed by atoms with Gasteiger partial charge >= 0.3 is 0 Å². The lowest BCUT2D eigenvalue weighted by Crippen LogP contribution is -2.13. The molecular weight excluding hydrogens is 256 g/mol. The van der Waals surface area contributed by atoms with E-state index in [1.54, 1.807) is 0 Å². The number of rotatable bonds is 4. The van der Waals surface area contributed by atoms with Crippen molar-refractivity contribution in [2.75, 3.05) is 5.32 Å². The fraction of sp³-hybridized carbons (Fsp3) is 0.105. The first kappa shape index (κ1) is 13.4. The summed E-state index contributed by atoms with van der Waals surface area (Å²) in [7, 11) is 0. The third-order valence-electron chi connectivity index (χ3n) is 3.47. The van der Waals surface area contributed by atoms with Gasteiger partial charge in [0.25, 0.3) is 0 Å². The first-order chi connectivity index (χ1) is 10.3. The van der Waals surface area contributed by atoms with Crippen LogP contribution in [0.2, 0.25) is 0 Å². The summed E-state index contributed by atoms with van der Waals surface area (Å²) < 4.78 is 0. The summed E-state index contributed by atoms with van der Waals surface area (Å²) in [4.78, 5) is 4.42. The molecule has 2 heteroatoms. The van der Waals surface area contributed by atoms with Gasteiger partial charge < -0.3 is 5.32 Å². The Kier molecular flexibility index (Phi) is 3.97. The molecule has 0 spiro atoms. The van der Waals surface area contributed by atoms with Gasteiger partial charge in [0.1, 0.15) is 5.82 Å². The summed E-state index contributed by atoms with van der Waals surface area (Å²) in [6.45, 7) is 2.08. The molecule has 1 N–H and O–H groups in total. The van der Waals surface area contributed by atoms with E-state index in [9.17, 15) is 0 Å². The Morgan fingerprint density at radius 3 is 1.90 bits per heavy atom. The maximum atomic E-state index is 4.42. The third kappa shape index (κ3) is 3.29. The topological polar surface area (TPSA) is 24.9 Å². The molecule has 0 saturated carbocycles. The molecule has 0 fully saturated rings. The Balaban J connectivity index is 1.97. The third-order valence-corrected chi connectivity index (χ3v) is 3.47. The molecule has 0 unspecified atom stereocenters. The number of benzene rings is 2. The summed E-state index contributed by atoms with van der Waals surface area (Å²) in [5, 5.41) is 3.54. The first-order valence-electron chi connectivity index (χ1n) is 7.12. The predicted molar refractivity (Wildman–Crippen MR) is 87.3 cm³/mol. The van der Waals surface area contributed by atoms with Gasteiger partial charge in [0.2, 0.25) is 0 Å². The van der Waals surface area contributed by atoms with Crippen LogP contribution in [0.5, 0.6) is 0 Å². The molecule has 0 radical (unpaired) electrons. The van der Waals surface area contributed by atoms with Crippen LogP contribution in [0.4, 0.5) is 5.82 Å². The van der Waals surface area contributed by atoms with E-state index in [1.165, 1.54) is 16.7 Å². The van der Waals surface area contributed by atoms with E-state index in [0.717, 1.165) is 5.82 Å². The zero-order chi connectivity index (χ0) is 14.5. The van der Waals surface area contributed by atoms with E-state index in [-0.39, 0.29) is 6.04 Å². The van der Waals surface area contributed by atoms with Crippen LogP contribution >= 0.6 is 0 Å². The maximum Gasteiger partial charge on any atom is 0.126 e. The average molecular weight is 274 g/mol. The summed E-state index contributed by atoms with van der Waals surface area (Å²) in [6, 6.07) is 25.1. The van der Waals surface area contributed by atoms with Crippen molar-refractivity contribution in [3.63, 3.8) is 0 Å².